The second-order valence-corrected chi connectivity index (χ2v) is 6.98. The van der Waals surface area contributed by atoms with Gasteiger partial charge in [-0.15, -0.1) is 24.8 Å². The third-order valence-corrected chi connectivity index (χ3v) is 4.90. The van der Waals surface area contributed by atoms with E-state index in [1.165, 1.54) is 12.8 Å². The van der Waals surface area contributed by atoms with Crippen LogP contribution in [0.3, 0.4) is 0 Å². The fraction of sp³-hybridized carbons (Fsp3) is 0.429. The SMILES string of the molecule is CC(CC(=O)NCc1ccc(Oc2ccccc2)nc1)C1CCCNC1.Cl.Cl. The van der Waals surface area contributed by atoms with E-state index in [0.29, 0.717) is 30.7 Å². The maximum atomic E-state index is 12.2. The van der Waals surface area contributed by atoms with Gasteiger partial charge in [-0.3, -0.25) is 4.79 Å². The van der Waals surface area contributed by atoms with Crippen molar-refractivity contribution in [2.75, 3.05) is 13.1 Å². The lowest BCUT2D eigenvalue weighted by molar-refractivity contribution is -0.122. The number of halogens is 2. The number of para-hydroxylation sites is 1. The Labute approximate surface area is 179 Å². The van der Waals surface area contributed by atoms with E-state index >= 15 is 0 Å². The molecule has 2 N–H and O–H groups in total. The summed E-state index contributed by atoms with van der Waals surface area (Å²) in [7, 11) is 0. The van der Waals surface area contributed by atoms with Crippen molar-refractivity contribution in [3.63, 3.8) is 0 Å². The molecule has 1 aliphatic heterocycles. The van der Waals surface area contributed by atoms with Crippen molar-refractivity contribution in [3.05, 3.63) is 54.2 Å². The van der Waals surface area contributed by atoms with Gasteiger partial charge in [-0.05, 0) is 55.5 Å². The van der Waals surface area contributed by atoms with Crippen LogP contribution in [0.15, 0.2) is 48.7 Å². The average Bonchev–Trinajstić information content (AvgIpc) is 2.69. The number of nitrogens with one attached hydrogen (secondary N) is 2. The van der Waals surface area contributed by atoms with Crippen LogP contribution in [0.4, 0.5) is 0 Å². The van der Waals surface area contributed by atoms with Crippen LogP contribution in [0.2, 0.25) is 0 Å². The zero-order chi connectivity index (χ0) is 18.2. The topological polar surface area (TPSA) is 63.2 Å². The molecule has 1 aromatic heterocycles. The molecule has 5 nitrogen and oxygen atoms in total. The summed E-state index contributed by atoms with van der Waals surface area (Å²) in [6.45, 7) is 4.80. The Balaban J connectivity index is 0.00000196. The van der Waals surface area contributed by atoms with Crippen LogP contribution in [-0.2, 0) is 11.3 Å². The molecule has 3 rings (SSSR count). The standard InChI is InChI=1S/C21H27N3O2.2ClH/c1-16(18-6-5-11-22-15-18)12-20(25)23-13-17-9-10-21(24-14-17)26-19-7-3-2-4-8-19;;/h2-4,7-10,14,16,18,22H,5-6,11-13,15H2,1H3,(H,23,25);2*1H. The van der Waals surface area contributed by atoms with Crippen molar-refractivity contribution in [1.82, 2.24) is 15.6 Å². The smallest absolute Gasteiger partial charge is 0.220 e. The highest BCUT2D eigenvalue weighted by atomic mass is 35.5. The summed E-state index contributed by atoms with van der Waals surface area (Å²) in [5.41, 5.74) is 0.964. The number of hydrogen-bond acceptors (Lipinski definition) is 4. The Morgan fingerprint density at radius 2 is 2.04 bits per heavy atom. The number of pyridine rings is 1. The molecular formula is C21H29Cl2N3O2. The highest BCUT2D eigenvalue weighted by molar-refractivity contribution is 5.85. The van der Waals surface area contributed by atoms with Crippen LogP contribution >= 0.6 is 24.8 Å². The van der Waals surface area contributed by atoms with Gasteiger partial charge in [0.15, 0.2) is 0 Å². The van der Waals surface area contributed by atoms with Crippen LogP contribution in [0.1, 0.15) is 31.7 Å². The van der Waals surface area contributed by atoms with Gasteiger partial charge >= 0.3 is 0 Å². The van der Waals surface area contributed by atoms with Gasteiger partial charge in [0, 0.05) is 25.2 Å². The maximum absolute atomic E-state index is 12.2. The normalized spacial score (nSPS) is 16.8. The molecule has 1 aliphatic rings. The predicted octanol–water partition coefficient (Wildman–Crippen LogP) is 4.36. The van der Waals surface area contributed by atoms with Crippen molar-refractivity contribution in [1.29, 1.82) is 0 Å². The minimum atomic E-state index is 0. The molecule has 0 bridgehead atoms. The number of piperidine rings is 1. The van der Waals surface area contributed by atoms with Gasteiger partial charge in [0.25, 0.3) is 0 Å². The van der Waals surface area contributed by atoms with Crippen LogP contribution in [0.25, 0.3) is 0 Å². The average molecular weight is 426 g/mol. The zero-order valence-electron chi connectivity index (χ0n) is 16.1. The molecule has 7 heteroatoms. The second-order valence-electron chi connectivity index (χ2n) is 6.98. The van der Waals surface area contributed by atoms with Crippen molar-refractivity contribution in [3.8, 4) is 11.6 Å². The van der Waals surface area contributed by atoms with Crippen molar-refractivity contribution < 1.29 is 9.53 Å². The molecule has 0 saturated carbocycles. The van der Waals surface area contributed by atoms with Crippen molar-refractivity contribution in [2.45, 2.75) is 32.7 Å². The lowest BCUT2D eigenvalue weighted by Gasteiger charge is -2.28. The van der Waals surface area contributed by atoms with E-state index in [2.05, 4.69) is 22.5 Å². The molecule has 1 saturated heterocycles. The van der Waals surface area contributed by atoms with Gasteiger partial charge in [0.1, 0.15) is 5.75 Å². The monoisotopic (exact) mass is 425 g/mol. The maximum Gasteiger partial charge on any atom is 0.220 e. The highest BCUT2D eigenvalue weighted by Gasteiger charge is 2.21. The number of aromatic nitrogens is 1. The molecule has 1 aromatic carbocycles. The molecule has 2 aromatic rings. The minimum Gasteiger partial charge on any atom is -0.439 e. The molecule has 1 amide bonds. The Hall–Kier alpha value is -1.82. The Morgan fingerprint density at radius 3 is 2.68 bits per heavy atom. The number of carbonyl (C=O) groups excluding carboxylic acids is 1. The minimum absolute atomic E-state index is 0. The lowest BCUT2D eigenvalue weighted by atomic mass is 9.85. The molecule has 0 radical (unpaired) electrons. The zero-order valence-corrected chi connectivity index (χ0v) is 17.7. The fourth-order valence-corrected chi connectivity index (χ4v) is 3.28. The Bertz CT molecular complexity index is 693. The molecule has 0 aliphatic carbocycles. The van der Waals surface area contributed by atoms with Gasteiger partial charge < -0.3 is 15.4 Å². The highest BCUT2D eigenvalue weighted by Crippen LogP contribution is 2.22. The quantitative estimate of drug-likeness (QED) is 0.691. The van der Waals surface area contributed by atoms with E-state index in [9.17, 15) is 4.79 Å². The molecule has 0 spiro atoms. The molecule has 1 fully saturated rings. The third kappa shape index (κ3) is 7.66. The summed E-state index contributed by atoms with van der Waals surface area (Å²) in [6, 6.07) is 13.3. The molecular weight excluding hydrogens is 397 g/mol. The number of benzene rings is 1. The number of ether oxygens (including phenoxy) is 1. The van der Waals surface area contributed by atoms with Gasteiger partial charge in [0.2, 0.25) is 11.8 Å². The van der Waals surface area contributed by atoms with Crippen molar-refractivity contribution >= 4 is 30.7 Å². The van der Waals surface area contributed by atoms with Crippen LogP contribution < -0.4 is 15.4 Å². The summed E-state index contributed by atoms with van der Waals surface area (Å²) in [5.74, 6) is 2.41. The van der Waals surface area contributed by atoms with Gasteiger partial charge in [-0.2, -0.15) is 0 Å². The van der Waals surface area contributed by atoms with E-state index in [-0.39, 0.29) is 30.7 Å². The third-order valence-electron chi connectivity index (χ3n) is 4.90. The predicted molar refractivity (Wildman–Crippen MR) is 116 cm³/mol. The fourth-order valence-electron chi connectivity index (χ4n) is 3.28. The molecule has 2 heterocycles. The van der Waals surface area contributed by atoms with E-state index < -0.39 is 0 Å². The molecule has 28 heavy (non-hydrogen) atoms. The molecule has 154 valence electrons. The number of carbonyl (C=O) groups is 1. The van der Waals surface area contributed by atoms with Crippen LogP contribution in [-0.4, -0.2) is 24.0 Å². The van der Waals surface area contributed by atoms with E-state index in [1.807, 2.05) is 42.5 Å². The van der Waals surface area contributed by atoms with Crippen molar-refractivity contribution in [2.24, 2.45) is 11.8 Å². The van der Waals surface area contributed by atoms with E-state index in [1.54, 1.807) is 6.20 Å². The number of amides is 1. The number of hydrogen-bond donors (Lipinski definition) is 2. The Morgan fingerprint density at radius 1 is 1.25 bits per heavy atom. The van der Waals surface area contributed by atoms with Crippen LogP contribution in [0.5, 0.6) is 11.6 Å². The first-order valence-electron chi connectivity index (χ1n) is 9.36. The second kappa shape index (κ2) is 12.6. The van der Waals surface area contributed by atoms with Gasteiger partial charge in [-0.1, -0.05) is 31.2 Å². The summed E-state index contributed by atoms with van der Waals surface area (Å²) in [5, 5.41) is 6.42. The first-order chi connectivity index (χ1) is 12.7. The first-order valence-corrected chi connectivity index (χ1v) is 9.36. The number of nitrogens with zero attached hydrogens (tertiary/aromatic N) is 1. The molecule has 2 atom stereocenters. The summed E-state index contributed by atoms with van der Waals surface area (Å²) >= 11 is 0. The van der Waals surface area contributed by atoms with Crippen LogP contribution in [0, 0.1) is 11.8 Å². The van der Waals surface area contributed by atoms with Gasteiger partial charge in [-0.25, -0.2) is 4.98 Å². The summed E-state index contributed by atoms with van der Waals surface area (Å²) in [4.78, 5) is 16.5. The lowest BCUT2D eigenvalue weighted by Crippen LogP contribution is -2.35. The first kappa shape index (κ1) is 24.2. The van der Waals surface area contributed by atoms with E-state index in [0.717, 1.165) is 24.4 Å². The summed E-state index contributed by atoms with van der Waals surface area (Å²) in [6.07, 6.45) is 4.75. The van der Waals surface area contributed by atoms with Gasteiger partial charge in [0.05, 0.1) is 0 Å². The molecule has 2 unspecified atom stereocenters. The summed E-state index contributed by atoms with van der Waals surface area (Å²) < 4.78 is 5.67. The number of rotatable bonds is 7. The largest absolute Gasteiger partial charge is 0.439 e. The van der Waals surface area contributed by atoms with E-state index in [4.69, 9.17) is 4.74 Å². The Kier molecular flexibility index (Phi) is 10.9.